The van der Waals surface area contributed by atoms with E-state index < -0.39 is 0 Å². The van der Waals surface area contributed by atoms with Gasteiger partial charge in [0.25, 0.3) is 0 Å². The van der Waals surface area contributed by atoms with Gasteiger partial charge in [0.15, 0.2) is 12.6 Å². The van der Waals surface area contributed by atoms with E-state index in [-0.39, 0.29) is 18.6 Å². The molecular weight excluding hydrogens is 332 g/mol. The number of carbonyl (C=O) groups is 1. The summed E-state index contributed by atoms with van der Waals surface area (Å²) >= 11 is 0. The standard InChI is InChI=1S/C18H24N6O2/c1-3-26-12-24(20)23-17(19)14-8-10-15(11-9-14)21-18(25)22-16-7-5-4-6-13(16)2/h4-11H,3,12,20H2,1-2H3,(H2,19,23)(H2,21,22,25). The maximum absolute atomic E-state index is 12.1. The number of aryl methyl sites for hydroxylation is 1. The molecule has 0 aliphatic heterocycles. The monoisotopic (exact) mass is 356 g/mol. The zero-order valence-electron chi connectivity index (χ0n) is 14.9. The highest BCUT2D eigenvalue weighted by Gasteiger charge is 2.06. The van der Waals surface area contributed by atoms with Gasteiger partial charge in [0.1, 0.15) is 0 Å². The highest BCUT2D eigenvalue weighted by Crippen LogP contribution is 2.14. The SMILES string of the molecule is CCOCN(N)/N=C(\N)c1ccc(NC(=O)Nc2ccccc2C)cc1. The van der Waals surface area contributed by atoms with Crippen molar-refractivity contribution in [2.75, 3.05) is 24.0 Å². The van der Waals surface area contributed by atoms with E-state index in [2.05, 4.69) is 15.7 Å². The lowest BCUT2D eigenvalue weighted by Crippen LogP contribution is -2.31. The van der Waals surface area contributed by atoms with E-state index in [0.717, 1.165) is 16.4 Å². The van der Waals surface area contributed by atoms with Crippen LogP contribution in [0.2, 0.25) is 0 Å². The van der Waals surface area contributed by atoms with Gasteiger partial charge < -0.3 is 21.1 Å². The van der Waals surface area contributed by atoms with Crippen LogP contribution >= 0.6 is 0 Å². The Morgan fingerprint density at radius 3 is 2.50 bits per heavy atom. The number of rotatable bonds is 7. The molecule has 8 nitrogen and oxygen atoms in total. The van der Waals surface area contributed by atoms with E-state index in [1.165, 1.54) is 0 Å². The fraction of sp³-hybridized carbons (Fsp3) is 0.222. The van der Waals surface area contributed by atoms with Crippen LogP contribution in [0, 0.1) is 6.92 Å². The third-order valence-electron chi connectivity index (χ3n) is 3.50. The number of anilines is 2. The van der Waals surface area contributed by atoms with Gasteiger partial charge in [-0.05, 0) is 49.7 Å². The number of benzene rings is 2. The summed E-state index contributed by atoms with van der Waals surface area (Å²) in [7, 11) is 0. The molecule has 0 bridgehead atoms. The van der Waals surface area contributed by atoms with Crippen LogP contribution in [0.4, 0.5) is 16.2 Å². The van der Waals surface area contributed by atoms with Gasteiger partial charge >= 0.3 is 6.03 Å². The summed E-state index contributed by atoms with van der Waals surface area (Å²) in [6.07, 6.45) is 0. The number of urea groups is 1. The first-order valence-electron chi connectivity index (χ1n) is 8.17. The Balaban J connectivity index is 1.95. The predicted molar refractivity (Wildman–Crippen MR) is 104 cm³/mol. The van der Waals surface area contributed by atoms with E-state index in [0.29, 0.717) is 17.9 Å². The maximum atomic E-state index is 12.1. The molecule has 2 aromatic carbocycles. The average molecular weight is 356 g/mol. The second-order valence-corrected chi connectivity index (χ2v) is 5.52. The minimum absolute atomic E-state index is 0.149. The number of nitrogens with zero attached hydrogens (tertiary/aromatic N) is 2. The highest BCUT2D eigenvalue weighted by molar-refractivity contribution is 6.01. The van der Waals surface area contributed by atoms with E-state index in [9.17, 15) is 4.79 Å². The second-order valence-electron chi connectivity index (χ2n) is 5.52. The number of amides is 2. The van der Waals surface area contributed by atoms with Crippen LogP contribution in [0.5, 0.6) is 0 Å². The quantitative estimate of drug-likeness (QED) is 0.200. The number of nitrogens with two attached hydrogens (primary N) is 2. The molecule has 0 aromatic heterocycles. The molecule has 0 spiro atoms. The summed E-state index contributed by atoms with van der Waals surface area (Å²) in [6, 6.07) is 14.2. The Bertz CT molecular complexity index is 761. The Labute approximate surface area is 152 Å². The number of amidine groups is 1. The summed E-state index contributed by atoms with van der Waals surface area (Å²) < 4.78 is 5.14. The van der Waals surface area contributed by atoms with Crippen LogP contribution in [-0.4, -0.2) is 30.3 Å². The molecule has 0 radical (unpaired) electrons. The number of hydrazone groups is 1. The minimum Gasteiger partial charge on any atom is -0.382 e. The molecule has 0 saturated heterocycles. The van der Waals surface area contributed by atoms with Crippen molar-refractivity contribution in [1.82, 2.24) is 5.12 Å². The zero-order valence-corrected chi connectivity index (χ0v) is 14.9. The topological polar surface area (TPSA) is 118 Å². The van der Waals surface area contributed by atoms with Crippen molar-refractivity contribution in [2.24, 2.45) is 16.7 Å². The fourth-order valence-corrected chi connectivity index (χ4v) is 2.13. The molecule has 2 rings (SSSR count). The molecule has 0 fully saturated rings. The van der Waals surface area contributed by atoms with Gasteiger partial charge in [-0.1, -0.05) is 18.2 Å². The van der Waals surface area contributed by atoms with E-state index >= 15 is 0 Å². The molecule has 2 aromatic rings. The van der Waals surface area contributed by atoms with Crippen LogP contribution in [-0.2, 0) is 4.74 Å². The second kappa shape index (κ2) is 9.40. The van der Waals surface area contributed by atoms with Crippen molar-refractivity contribution in [3.63, 3.8) is 0 Å². The van der Waals surface area contributed by atoms with Crippen LogP contribution in [0.1, 0.15) is 18.1 Å². The Morgan fingerprint density at radius 2 is 1.85 bits per heavy atom. The molecule has 2 amide bonds. The zero-order chi connectivity index (χ0) is 18.9. The largest absolute Gasteiger partial charge is 0.382 e. The third-order valence-corrected chi connectivity index (χ3v) is 3.50. The summed E-state index contributed by atoms with van der Waals surface area (Å²) in [5.74, 6) is 5.91. The Hall–Kier alpha value is -3.10. The number of hydrazine groups is 1. The van der Waals surface area contributed by atoms with Gasteiger partial charge in [-0.15, -0.1) is 5.10 Å². The lowest BCUT2D eigenvalue weighted by Gasteiger charge is -2.13. The Kier molecular flexibility index (Phi) is 6.95. The molecule has 8 heteroatoms. The smallest absolute Gasteiger partial charge is 0.323 e. The van der Waals surface area contributed by atoms with Crippen molar-refractivity contribution in [3.8, 4) is 0 Å². The molecule has 0 atom stereocenters. The average Bonchev–Trinajstić information content (AvgIpc) is 2.62. The summed E-state index contributed by atoms with van der Waals surface area (Å²) in [4.78, 5) is 12.1. The highest BCUT2D eigenvalue weighted by atomic mass is 16.5. The van der Waals surface area contributed by atoms with Gasteiger partial charge in [0.2, 0.25) is 0 Å². The van der Waals surface area contributed by atoms with Crippen molar-refractivity contribution >= 4 is 23.2 Å². The molecule has 0 aliphatic carbocycles. The van der Waals surface area contributed by atoms with Gasteiger partial charge in [0, 0.05) is 23.5 Å². The predicted octanol–water partition coefficient (Wildman–Crippen LogP) is 2.43. The fourth-order valence-electron chi connectivity index (χ4n) is 2.13. The Morgan fingerprint density at radius 1 is 1.15 bits per heavy atom. The van der Waals surface area contributed by atoms with Crippen LogP contribution < -0.4 is 22.2 Å². The molecular formula is C18H24N6O2. The van der Waals surface area contributed by atoms with E-state index in [1.54, 1.807) is 24.3 Å². The van der Waals surface area contributed by atoms with Crippen LogP contribution in [0.3, 0.4) is 0 Å². The van der Waals surface area contributed by atoms with Gasteiger partial charge in [-0.3, -0.25) is 0 Å². The van der Waals surface area contributed by atoms with Gasteiger partial charge in [-0.25, -0.2) is 15.8 Å². The van der Waals surface area contributed by atoms with Crippen molar-refractivity contribution in [1.29, 1.82) is 0 Å². The first-order chi connectivity index (χ1) is 12.5. The van der Waals surface area contributed by atoms with Crippen molar-refractivity contribution in [2.45, 2.75) is 13.8 Å². The number of nitrogens with one attached hydrogen (secondary N) is 2. The number of ether oxygens (including phenoxy) is 1. The lowest BCUT2D eigenvalue weighted by atomic mass is 10.2. The van der Waals surface area contributed by atoms with E-state index in [1.807, 2.05) is 38.1 Å². The number of hydrogen-bond acceptors (Lipinski definition) is 5. The van der Waals surface area contributed by atoms with Crippen LogP contribution in [0.15, 0.2) is 53.6 Å². The molecule has 0 aliphatic rings. The van der Waals surface area contributed by atoms with Crippen molar-refractivity contribution < 1.29 is 9.53 Å². The van der Waals surface area contributed by atoms with Crippen molar-refractivity contribution in [3.05, 3.63) is 59.7 Å². The normalized spacial score (nSPS) is 11.1. The lowest BCUT2D eigenvalue weighted by molar-refractivity contribution is 0.0368. The van der Waals surface area contributed by atoms with Gasteiger partial charge in [-0.2, -0.15) is 0 Å². The first kappa shape index (κ1) is 19.2. The molecule has 26 heavy (non-hydrogen) atoms. The molecule has 0 heterocycles. The third kappa shape index (κ3) is 5.76. The molecule has 138 valence electrons. The number of hydrogen-bond donors (Lipinski definition) is 4. The first-order valence-corrected chi connectivity index (χ1v) is 8.17. The van der Waals surface area contributed by atoms with Gasteiger partial charge in [0.05, 0.1) is 0 Å². The summed E-state index contributed by atoms with van der Waals surface area (Å²) in [5, 5.41) is 10.7. The molecule has 6 N–H and O–H groups in total. The molecule has 0 saturated carbocycles. The summed E-state index contributed by atoms with van der Waals surface area (Å²) in [6.45, 7) is 4.48. The molecule has 0 unspecified atom stereocenters. The van der Waals surface area contributed by atoms with E-state index in [4.69, 9.17) is 16.3 Å². The number of para-hydroxylation sites is 1. The maximum Gasteiger partial charge on any atom is 0.323 e. The minimum atomic E-state index is -0.321. The van der Waals surface area contributed by atoms with Crippen LogP contribution in [0.25, 0.3) is 0 Å². The number of carbonyl (C=O) groups excluding carboxylic acids is 1. The summed E-state index contributed by atoms with van der Waals surface area (Å²) in [5.41, 5.74) is 8.97.